The Bertz CT molecular complexity index is 507. The molecule has 3 nitrogen and oxygen atoms in total. The van der Waals surface area contributed by atoms with Crippen molar-refractivity contribution in [2.24, 2.45) is 5.73 Å². The minimum Gasteiger partial charge on any atom is -0.449 e. The zero-order valence-corrected chi connectivity index (χ0v) is 13.0. The Morgan fingerprint density at radius 3 is 2.26 bits per heavy atom. The van der Waals surface area contributed by atoms with Gasteiger partial charge in [0.15, 0.2) is 11.5 Å². The van der Waals surface area contributed by atoms with Crippen molar-refractivity contribution in [3.63, 3.8) is 0 Å². The van der Waals surface area contributed by atoms with Gasteiger partial charge in [0.2, 0.25) is 5.79 Å². The van der Waals surface area contributed by atoms with Crippen LogP contribution in [0, 0.1) is 0 Å². The van der Waals surface area contributed by atoms with Gasteiger partial charge >= 0.3 is 0 Å². The first-order valence-corrected chi connectivity index (χ1v) is 7.70. The summed E-state index contributed by atoms with van der Waals surface area (Å²) in [6.07, 6.45) is 5.75. The summed E-state index contributed by atoms with van der Waals surface area (Å²) in [5.41, 5.74) is 7.53. The second-order valence-corrected chi connectivity index (χ2v) is 6.95. The van der Waals surface area contributed by atoms with Crippen LogP contribution in [0.1, 0.15) is 51.5 Å². The highest BCUT2D eigenvalue weighted by atomic mass is 79.9. The predicted molar refractivity (Wildman–Crippen MR) is 78.4 cm³/mol. The normalized spacial score (nSPS) is 23.4. The molecule has 2 N–H and O–H groups in total. The SMILES string of the molecule is CC1(C)Oc2cc(Br)c(C3(N)CCCCC3)cc2O1. The molecule has 104 valence electrons. The Labute approximate surface area is 122 Å². The van der Waals surface area contributed by atoms with Crippen LogP contribution in [0.25, 0.3) is 0 Å². The fourth-order valence-corrected chi connectivity index (χ4v) is 3.80. The molecule has 0 atom stereocenters. The average molecular weight is 326 g/mol. The quantitative estimate of drug-likeness (QED) is 0.846. The lowest BCUT2D eigenvalue weighted by molar-refractivity contribution is -0.0431. The zero-order valence-electron chi connectivity index (χ0n) is 11.5. The molecular formula is C15H20BrNO2. The highest BCUT2D eigenvalue weighted by molar-refractivity contribution is 9.10. The number of fused-ring (bicyclic) bond motifs is 1. The van der Waals surface area contributed by atoms with Crippen LogP contribution in [-0.2, 0) is 5.54 Å². The zero-order chi connectivity index (χ0) is 13.7. The Balaban J connectivity index is 2.00. The summed E-state index contributed by atoms with van der Waals surface area (Å²) in [5, 5.41) is 0. The molecule has 0 radical (unpaired) electrons. The number of hydrogen-bond acceptors (Lipinski definition) is 3. The van der Waals surface area contributed by atoms with Gasteiger partial charge in [0.05, 0.1) is 0 Å². The summed E-state index contributed by atoms with van der Waals surface area (Å²) in [7, 11) is 0. The number of nitrogens with two attached hydrogens (primary N) is 1. The van der Waals surface area contributed by atoms with E-state index in [0.717, 1.165) is 34.4 Å². The number of halogens is 1. The maximum absolute atomic E-state index is 6.62. The molecule has 0 saturated heterocycles. The van der Waals surface area contributed by atoms with Gasteiger partial charge in [-0.2, -0.15) is 0 Å². The molecule has 0 bridgehead atoms. The lowest BCUT2D eigenvalue weighted by atomic mass is 9.77. The van der Waals surface area contributed by atoms with Gasteiger partial charge in [-0.1, -0.05) is 35.2 Å². The second kappa shape index (κ2) is 4.38. The first-order chi connectivity index (χ1) is 8.90. The van der Waals surface area contributed by atoms with Gasteiger partial charge < -0.3 is 15.2 Å². The number of ether oxygens (including phenoxy) is 2. The molecular weight excluding hydrogens is 306 g/mol. The molecule has 0 unspecified atom stereocenters. The first kappa shape index (κ1) is 13.3. The molecule has 3 rings (SSSR count). The molecule has 1 aromatic carbocycles. The van der Waals surface area contributed by atoms with Crippen molar-refractivity contribution in [2.45, 2.75) is 57.3 Å². The van der Waals surface area contributed by atoms with Gasteiger partial charge in [-0.15, -0.1) is 0 Å². The van der Waals surface area contributed by atoms with E-state index in [9.17, 15) is 0 Å². The van der Waals surface area contributed by atoms with Gasteiger partial charge in [-0.3, -0.25) is 0 Å². The molecule has 0 aromatic heterocycles. The molecule has 1 aliphatic carbocycles. The molecule has 1 aliphatic heterocycles. The fourth-order valence-electron chi connectivity index (χ4n) is 3.08. The molecule has 4 heteroatoms. The summed E-state index contributed by atoms with van der Waals surface area (Å²) in [6.45, 7) is 3.83. The fraction of sp³-hybridized carbons (Fsp3) is 0.600. The van der Waals surface area contributed by atoms with Gasteiger partial charge in [0.1, 0.15) is 0 Å². The second-order valence-electron chi connectivity index (χ2n) is 6.10. The van der Waals surface area contributed by atoms with E-state index in [-0.39, 0.29) is 5.54 Å². The lowest BCUT2D eigenvalue weighted by Gasteiger charge is -2.34. The third kappa shape index (κ3) is 2.36. The van der Waals surface area contributed by atoms with Crippen molar-refractivity contribution < 1.29 is 9.47 Å². The molecule has 0 amide bonds. The van der Waals surface area contributed by atoms with E-state index in [2.05, 4.69) is 22.0 Å². The molecule has 1 aromatic rings. The van der Waals surface area contributed by atoms with Crippen LogP contribution in [0.15, 0.2) is 16.6 Å². The van der Waals surface area contributed by atoms with Crippen molar-refractivity contribution >= 4 is 15.9 Å². The Morgan fingerprint density at radius 2 is 1.63 bits per heavy atom. The van der Waals surface area contributed by atoms with Crippen LogP contribution in [0.3, 0.4) is 0 Å². The largest absolute Gasteiger partial charge is 0.449 e. The van der Waals surface area contributed by atoms with E-state index >= 15 is 0 Å². The lowest BCUT2D eigenvalue weighted by Crippen LogP contribution is -2.38. The number of rotatable bonds is 1. The summed E-state index contributed by atoms with van der Waals surface area (Å²) < 4.78 is 12.6. The minimum absolute atomic E-state index is 0.234. The van der Waals surface area contributed by atoms with Gasteiger partial charge in [-0.05, 0) is 30.5 Å². The van der Waals surface area contributed by atoms with E-state index in [1.165, 1.54) is 19.3 Å². The summed E-state index contributed by atoms with van der Waals surface area (Å²) in [6, 6.07) is 4.04. The van der Waals surface area contributed by atoms with Crippen LogP contribution in [0.2, 0.25) is 0 Å². The van der Waals surface area contributed by atoms with Crippen LogP contribution in [-0.4, -0.2) is 5.79 Å². The van der Waals surface area contributed by atoms with E-state index in [4.69, 9.17) is 15.2 Å². The van der Waals surface area contributed by atoms with Crippen molar-refractivity contribution in [3.8, 4) is 11.5 Å². The van der Waals surface area contributed by atoms with Crippen LogP contribution >= 0.6 is 15.9 Å². The van der Waals surface area contributed by atoms with E-state index < -0.39 is 5.79 Å². The average Bonchev–Trinajstić information content (AvgIpc) is 2.62. The van der Waals surface area contributed by atoms with E-state index in [1.54, 1.807) is 0 Å². The Hall–Kier alpha value is -0.740. The topological polar surface area (TPSA) is 44.5 Å². The summed E-state index contributed by atoms with van der Waals surface area (Å²) >= 11 is 3.64. The molecule has 1 heterocycles. The molecule has 0 spiro atoms. The number of hydrogen-bond donors (Lipinski definition) is 1. The first-order valence-electron chi connectivity index (χ1n) is 6.91. The van der Waals surface area contributed by atoms with Crippen molar-refractivity contribution in [2.75, 3.05) is 0 Å². The third-order valence-corrected chi connectivity index (χ3v) is 4.68. The smallest absolute Gasteiger partial charge is 0.246 e. The minimum atomic E-state index is -0.589. The van der Waals surface area contributed by atoms with Crippen LogP contribution < -0.4 is 15.2 Å². The molecule has 19 heavy (non-hydrogen) atoms. The van der Waals surface area contributed by atoms with Gasteiger partial charge in [0, 0.05) is 23.9 Å². The Morgan fingerprint density at radius 1 is 1.05 bits per heavy atom. The van der Waals surface area contributed by atoms with Crippen molar-refractivity contribution in [1.29, 1.82) is 0 Å². The third-order valence-electron chi connectivity index (χ3n) is 4.03. The van der Waals surface area contributed by atoms with Crippen LogP contribution in [0.5, 0.6) is 11.5 Å². The maximum Gasteiger partial charge on any atom is 0.246 e. The molecule has 1 fully saturated rings. The maximum atomic E-state index is 6.62. The Kier molecular flexibility index (Phi) is 3.06. The van der Waals surface area contributed by atoms with Crippen molar-refractivity contribution in [1.82, 2.24) is 0 Å². The van der Waals surface area contributed by atoms with E-state index in [0.29, 0.717) is 0 Å². The van der Waals surface area contributed by atoms with E-state index in [1.807, 2.05) is 19.9 Å². The van der Waals surface area contributed by atoms with Crippen molar-refractivity contribution in [3.05, 3.63) is 22.2 Å². The van der Waals surface area contributed by atoms with Gasteiger partial charge in [0.25, 0.3) is 0 Å². The molecule has 2 aliphatic rings. The highest BCUT2D eigenvalue weighted by Gasteiger charge is 2.36. The monoisotopic (exact) mass is 325 g/mol. The number of benzene rings is 1. The summed E-state index contributed by atoms with van der Waals surface area (Å²) in [5.74, 6) is 1.01. The van der Waals surface area contributed by atoms with Gasteiger partial charge in [-0.25, -0.2) is 0 Å². The molecule has 1 saturated carbocycles. The van der Waals surface area contributed by atoms with Crippen LogP contribution in [0.4, 0.5) is 0 Å². The highest BCUT2D eigenvalue weighted by Crippen LogP contribution is 2.46. The summed E-state index contributed by atoms with van der Waals surface area (Å²) in [4.78, 5) is 0. The standard InChI is InChI=1S/C15H20BrNO2/c1-14(2)18-12-8-10(11(16)9-13(12)19-14)15(17)6-4-3-5-7-15/h8-9H,3-7,17H2,1-2H3. The predicted octanol–water partition coefficient (Wildman–Crippen LogP) is 4.07.